The second kappa shape index (κ2) is 7.87. The molecule has 1 rings (SSSR count). The number of aliphatic hydroxyl groups excluding tert-OH is 1. The van der Waals surface area contributed by atoms with Crippen LogP contribution >= 0.6 is 0 Å². The Morgan fingerprint density at radius 3 is 2.48 bits per heavy atom. The number of carboxylic acids is 1. The normalized spacial score (nSPS) is 12.8. The molecule has 2 atom stereocenters. The van der Waals surface area contributed by atoms with Gasteiger partial charge in [0.1, 0.15) is 11.8 Å². The van der Waals surface area contributed by atoms with Crippen molar-refractivity contribution in [1.29, 1.82) is 5.26 Å². The van der Waals surface area contributed by atoms with Crippen LogP contribution in [0.25, 0.3) is 0 Å². The maximum Gasteiger partial charge on any atom is 0.326 e. The first-order valence-electron chi connectivity index (χ1n) is 6.28. The number of nitrogens with one attached hydrogen (secondary N) is 1. The molecule has 0 aliphatic heterocycles. The molecule has 0 fully saturated rings. The molecule has 0 saturated heterocycles. The Hall–Kier alpha value is -2.59. The largest absolute Gasteiger partial charge is 0.481 e. The van der Waals surface area contributed by atoms with E-state index in [0.717, 1.165) is 0 Å². The fourth-order valence-electron chi connectivity index (χ4n) is 1.54. The Kier molecular flexibility index (Phi) is 6.17. The zero-order valence-corrected chi connectivity index (χ0v) is 11.4. The van der Waals surface area contributed by atoms with E-state index in [-0.39, 0.29) is 13.0 Å². The van der Waals surface area contributed by atoms with Crippen LogP contribution in [0.1, 0.15) is 18.9 Å². The van der Waals surface area contributed by atoms with E-state index in [4.69, 9.17) is 20.2 Å². The molecule has 1 amide bonds. The number of aliphatic carboxylic acids is 1. The molecule has 0 aliphatic carbocycles. The lowest BCUT2D eigenvalue weighted by molar-refractivity contribution is -0.143. The molecule has 2 unspecified atom stereocenters. The quantitative estimate of drug-likeness (QED) is 0.664. The molecule has 0 aliphatic rings. The lowest BCUT2D eigenvalue weighted by Gasteiger charge is -2.18. The zero-order valence-electron chi connectivity index (χ0n) is 11.4. The first-order chi connectivity index (χ1) is 9.97. The Morgan fingerprint density at radius 2 is 2.00 bits per heavy atom. The molecule has 0 radical (unpaired) electrons. The van der Waals surface area contributed by atoms with E-state index in [1.54, 1.807) is 24.3 Å². The number of amides is 1. The van der Waals surface area contributed by atoms with Crippen LogP contribution in [-0.4, -0.2) is 40.8 Å². The molecule has 112 valence electrons. The third-order valence-electron chi connectivity index (χ3n) is 2.70. The number of carboxylic acid groups (broad SMARTS) is 1. The topological polar surface area (TPSA) is 120 Å². The second-order valence-corrected chi connectivity index (χ2v) is 4.31. The molecule has 7 nitrogen and oxygen atoms in total. The molecule has 1 aromatic rings. The highest BCUT2D eigenvalue weighted by Crippen LogP contribution is 2.13. The number of carbonyl (C=O) groups is 2. The average molecular weight is 292 g/mol. The molecule has 0 saturated carbocycles. The van der Waals surface area contributed by atoms with Crippen LogP contribution in [0.2, 0.25) is 0 Å². The number of hydrogen-bond donors (Lipinski definition) is 3. The summed E-state index contributed by atoms with van der Waals surface area (Å²) in [6, 6.07) is 6.99. The van der Waals surface area contributed by atoms with Gasteiger partial charge in [-0.25, -0.2) is 4.79 Å². The molecule has 0 heterocycles. The molecule has 0 aromatic heterocycles. The van der Waals surface area contributed by atoms with Crippen LogP contribution in [0.15, 0.2) is 24.3 Å². The number of nitrogens with zero attached hydrogens (tertiary/aromatic N) is 1. The summed E-state index contributed by atoms with van der Waals surface area (Å²) in [6.07, 6.45) is -0.983. The summed E-state index contributed by atoms with van der Waals surface area (Å²) >= 11 is 0. The van der Waals surface area contributed by atoms with Gasteiger partial charge in [0.15, 0.2) is 6.10 Å². The Labute approximate surface area is 121 Å². The monoisotopic (exact) mass is 292 g/mol. The molecule has 21 heavy (non-hydrogen) atoms. The first-order valence-corrected chi connectivity index (χ1v) is 6.28. The minimum Gasteiger partial charge on any atom is -0.481 e. The highest BCUT2D eigenvalue weighted by molar-refractivity contribution is 5.86. The molecule has 0 spiro atoms. The van der Waals surface area contributed by atoms with Gasteiger partial charge in [0.2, 0.25) is 0 Å². The van der Waals surface area contributed by atoms with E-state index in [0.29, 0.717) is 11.3 Å². The molecule has 7 heteroatoms. The van der Waals surface area contributed by atoms with Crippen LogP contribution in [0.5, 0.6) is 5.75 Å². The van der Waals surface area contributed by atoms with Gasteiger partial charge in [0.05, 0.1) is 11.6 Å². The van der Waals surface area contributed by atoms with Crippen LogP contribution in [0.4, 0.5) is 0 Å². The Balaban J connectivity index is 2.61. The molecule has 3 N–H and O–H groups in total. The SMILES string of the molecule is CC(Oc1ccc(C#N)cc1)C(=O)NC(CCO)C(=O)O. The predicted molar refractivity (Wildman–Crippen MR) is 72.5 cm³/mol. The summed E-state index contributed by atoms with van der Waals surface area (Å²) in [6.45, 7) is 1.13. The smallest absolute Gasteiger partial charge is 0.326 e. The van der Waals surface area contributed by atoms with E-state index >= 15 is 0 Å². The van der Waals surface area contributed by atoms with Crippen molar-refractivity contribution in [3.63, 3.8) is 0 Å². The van der Waals surface area contributed by atoms with E-state index in [2.05, 4.69) is 5.32 Å². The number of rotatable bonds is 7. The van der Waals surface area contributed by atoms with Crippen LogP contribution < -0.4 is 10.1 Å². The van der Waals surface area contributed by atoms with Crippen LogP contribution in [-0.2, 0) is 9.59 Å². The molecule has 1 aromatic carbocycles. The molecular formula is C14H16N2O5. The minimum absolute atomic E-state index is 0.0787. The van der Waals surface area contributed by atoms with Gasteiger partial charge in [-0.05, 0) is 31.2 Å². The second-order valence-electron chi connectivity index (χ2n) is 4.31. The first kappa shape index (κ1) is 16.5. The van der Waals surface area contributed by atoms with Gasteiger partial charge in [-0.3, -0.25) is 4.79 Å². The van der Waals surface area contributed by atoms with Gasteiger partial charge in [-0.1, -0.05) is 0 Å². The number of nitriles is 1. The highest BCUT2D eigenvalue weighted by atomic mass is 16.5. The van der Waals surface area contributed by atoms with Gasteiger partial charge < -0.3 is 20.3 Å². The fourth-order valence-corrected chi connectivity index (χ4v) is 1.54. The minimum atomic E-state index is -1.22. The number of benzene rings is 1. The van der Waals surface area contributed by atoms with E-state index in [9.17, 15) is 9.59 Å². The number of hydrogen-bond acceptors (Lipinski definition) is 5. The van der Waals surface area contributed by atoms with Gasteiger partial charge in [0.25, 0.3) is 5.91 Å². The maximum atomic E-state index is 11.8. The fraction of sp³-hybridized carbons (Fsp3) is 0.357. The van der Waals surface area contributed by atoms with Crippen molar-refractivity contribution in [3.05, 3.63) is 29.8 Å². The summed E-state index contributed by atoms with van der Waals surface area (Å²) in [5.41, 5.74) is 0.466. The third-order valence-corrected chi connectivity index (χ3v) is 2.70. The highest BCUT2D eigenvalue weighted by Gasteiger charge is 2.23. The Bertz CT molecular complexity index is 535. The molecular weight excluding hydrogens is 276 g/mol. The number of carbonyl (C=O) groups excluding carboxylic acids is 1. The Morgan fingerprint density at radius 1 is 1.38 bits per heavy atom. The van der Waals surface area contributed by atoms with Crippen LogP contribution in [0.3, 0.4) is 0 Å². The number of aliphatic hydroxyl groups is 1. The van der Waals surface area contributed by atoms with E-state index in [1.807, 2.05) is 6.07 Å². The van der Waals surface area contributed by atoms with Gasteiger partial charge in [-0.15, -0.1) is 0 Å². The van der Waals surface area contributed by atoms with Crippen molar-refractivity contribution in [3.8, 4) is 11.8 Å². The van der Waals surface area contributed by atoms with E-state index in [1.165, 1.54) is 6.92 Å². The lowest BCUT2D eigenvalue weighted by atomic mass is 10.2. The maximum absolute atomic E-state index is 11.8. The van der Waals surface area contributed by atoms with Crippen molar-refractivity contribution in [2.45, 2.75) is 25.5 Å². The van der Waals surface area contributed by atoms with Crippen molar-refractivity contribution in [2.24, 2.45) is 0 Å². The van der Waals surface area contributed by atoms with Gasteiger partial charge in [0, 0.05) is 13.0 Å². The average Bonchev–Trinajstić information content (AvgIpc) is 2.47. The standard InChI is InChI=1S/C14H16N2O5/c1-9(13(18)16-12(6-7-17)14(19)20)21-11-4-2-10(8-15)3-5-11/h2-5,9,12,17H,6-7H2,1H3,(H,16,18)(H,19,20). The number of ether oxygens (including phenoxy) is 1. The van der Waals surface area contributed by atoms with Crippen molar-refractivity contribution in [1.82, 2.24) is 5.32 Å². The summed E-state index contributed by atoms with van der Waals surface area (Å²) in [4.78, 5) is 22.7. The van der Waals surface area contributed by atoms with Gasteiger partial charge >= 0.3 is 5.97 Å². The summed E-state index contributed by atoms with van der Waals surface area (Å²) in [7, 11) is 0. The van der Waals surface area contributed by atoms with E-state index < -0.39 is 24.0 Å². The van der Waals surface area contributed by atoms with Crippen molar-refractivity contribution >= 4 is 11.9 Å². The third kappa shape index (κ3) is 5.12. The summed E-state index contributed by atoms with van der Waals surface area (Å²) in [5, 5.41) is 28.6. The van der Waals surface area contributed by atoms with Crippen molar-refractivity contribution in [2.75, 3.05) is 6.61 Å². The van der Waals surface area contributed by atoms with Crippen LogP contribution in [0, 0.1) is 11.3 Å². The van der Waals surface area contributed by atoms with Crippen molar-refractivity contribution < 1.29 is 24.5 Å². The summed E-state index contributed by atoms with van der Waals surface area (Å²) in [5.74, 6) is -1.42. The predicted octanol–water partition coefficient (Wildman–Crippen LogP) is 0.277. The lowest BCUT2D eigenvalue weighted by Crippen LogP contribution is -2.46. The summed E-state index contributed by atoms with van der Waals surface area (Å²) < 4.78 is 5.36. The molecule has 0 bridgehead atoms. The van der Waals surface area contributed by atoms with Gasteiger partial charge in [-0.2, -0.15) is 5.26 Å². The zero-order chi connectivity index (χ0) is 15.8.